The highest BCUT2D eigenvalue weighted by Gasteiger charge is 2.21. The molecule has 0 rings (SSSR count). The second kappa shape index (κ2) is 8.97. The quantitative estimate of drug-likeness (QED) is 0.502. The van der Waals surface area contributed by atoms with Gasteiger partial charge in [-0.05, 0) is 51.5 Å². The van der Waals surface area contributed by atoms with E-state index in [1.807, 2.05) is 0 Å². The highest BCUT2D eigenvalue weighted by Crippen LogP contribution is 2.15. The average molecular weight is 230 g/mol. The van der Waals surface area contributed by atoms with E-state index >= 15 is 0 Å². The van der Waals surface area contributed by atoms with Gasteiger partial charge in [-0.3, -0.25) is 0 Å². The summed E-state index contributed by atoms with van der Waals surface area (Å²) in [6, 6.07) is 0. The Balaban J connectivity index is 3.69. The van der Waals surface area contributed by atoms with Crippen LogP contribution in [0.5, 0.6) is 0 Å². The zero-order valence-corrected chi connectivity index (χ0v) is 11.3. The predicted octanol–water partition coefficient (Wildman–Crippen LogP) is 1.89. The number of nitrogens with two attached hydrogens (primary N) is 1. The van der Waals surface area contributed by atoms with Crippen LogP contribution in [-0.2, 0) is 0 Å². The van der Waals surface area contributed by atoms with Crippen LogP contribution in [0, 0.1) is 5.92 Å². The molecule has 0 aromatic heterocycles. The fourth-order valence-corrected chi connectivity index (χ4v) is 1.67. The summed E-state index contributed by atoms with van der Waals surface area (Å²) in [6.07, 6.45) is 5.48. The smallest absolute Gasteiger partial charge is 0.0431 e. The molecule has 0 aromatic carbocycles. The van der Waals surface area contributed by atoms with Crippen LogP contribution >= 0.6 is 0 Å². The zero-order valence-electron chi connectivity index (χ0n) is 11.3. The Bertz CT molecular complexity index is 162. The Morgan fingerprint density at radius 2 is 1.94 bits per heavy atom. The normalized spacial score (nSPS) is 15.4. The van der Waals surface area contributed by atoms with Crippen molar-refractivity contribution < 1.29 is 5.11 Å². The molecular weight excluding hydrogens is 200 g/mol. The van der Waals surface area contributed by atoms with Gasteiger partial charge in [-0.1, -0.05) is 13.8 Å². The van der Waals surface area contributed by atoms with E-state index < -0.39 is 0 Å². The molecule has 0 aliphatic heterocycles. The second-order valence-electron chi connectivity index (χ2n) is 5.41. The molecule has 3 nitrogen and oxygen atoms in total. The molecule has 0 aliphatic carbocycles. The van der Waals surface area contributed by atoms with Crippen LogP contribution in [0.1, 0.15) is 52.9 Å². The fourth-order valence-electron chi connectivity index (χ4n) is 1.67. The van der Waals surface area contributed by atoms with Gasteiger partial charge < -0.3 is 16.2 Å². The molecule has 0 aromatic rings. The molecule has 0 bridgehead atoms. The monoisotopic (exact) mass is 230 g/mol. The summed E-state index contributed by atoms with van der Waals surface area (Å²) >= 11 is 0. The Kier molecular flexibility index (Phi) is 8.90. The van der Waals surface area contributed by atoms with Crippen molar-refractivity contribution in [3.8, 4) is 0 Å². The highest BCUT2D eigenvalue weighted by atomic mass is 16.2. The van der Waals surface area contributed by atoms with Crippen molar-refractivity contribution in [1.29, 1.82) is 0 Å². The third-order valence-corrected chi connectivity index (χ3v) is 3.11. The van der Waals surface area contributed by atoms with Crippen molar-refractivity contribution >= 4 is 0 Å². The minimum Gasteiger partial charge on any atom is -0.396 e. The van der Waals surface area contributed by atoms with Gasteiger partial charge in [-0.25, -0.2) is 0 Å². The van der Waals surface area contributed by atoms with Gasteiger partial charge in [0.25, 0.3) is 0 Å². The van der Waals surface area contributed by atoms with Gasteiger partial charge in [0.05, 0.1) is 0 Å². The maximum absolute atomic E-state index is 8.68. The van der Waals surface area contributed by atoms with Crippen LogP contribution in [0.4, 0.5) is 0 Å². The largest absolute Gasteiger partial charge is 0.396 e. The van der Waals surface area contributed by atoms with Gasteiger partial charge >= 0.3 is 0 Å². The van der Waals surface area contributed by atoms with Gasteiger partial charge in [0.2, 0.25) is 0 Å². The number of rotatable bonds is 10. The first-order chi connectivity index (χ1) is 7.54. The number of hydrogen-bond acceptors (Lipinski definition) is 3. The van der Waals surface area contributed by atoms with Crippen LogP contribution < -0.4 is 11.1 Å². The minimum absolute atomic E-state index is 0.0868. The topological polar surface area (TPSA) is 58.3 Å². The first-order valence-electron chi connectivity index (χ1n) is 6.60. The van der Waals surface area contributed by atoms with E-state index in [0.29, 0.717) is 13.2 Å². The molecule has 98 valence electrons. The SMILES string of the molecule is CC(C)CCC(C)(CN)NCCCCCO. The lowest BCUT2D eigenvalue weighted by Crippen LogP contribution is -2.49. The molecule has 1 atom stereocenters. The number of hydrogen-bond donors (Lipinski definition) is 3. The molecule has 0 spiro atoms. The molecule has 4 N–H and O–H groups in total. The first kappa shape index (κ1) is 15.9. The predicted molar refractivity (Wildman–Crippen MR) is 70.5 cm³/mol. The maximum atomic E-state index is 8.68. The molecule has 3 heteroatoms. The lowest BCUT2D eigenvalue weighted by Gasteiger charge is -2.30. The lowest BCUT2D eigenvalue weighted by molar-refractivity contribution is 0.277. The highest BCUT2D eigenvalue weighted by molar-refractivity contribution is 4.84. The second-order valence-corrected chi connectivity index (χ2v) is 5.41. The van der Waals surface area contributed by atoms with Crippen molar-refractivity contribution in [2.75, 3.05) is 19.7 Å². The fraction of sp³-hybridized carbons (Fsp3) is 1.00. The lowest BCUT2D eigenvalue weighted by atomic mass is 9.92. The van der Waals surface area contributed by atoms with Crippen LogP contribution in [0.2, 0.25) is 0 Å². The Morgan fingerprint density at radius 3 is 2.44 bits per heavy atom. The van der Waals surface area contributed by atoms with E-state index in [2.05, 4.69) is 26.1 Å². The van der Waals surface area contributed by atoms with Crippen LogP contribution in [-0.4, -0.2) is 30.3 Å². The van der Waals surface area contributed by atoms with E-state index in [9.17, 15) is 0 Å². The van der Waals surface area contributed by atoms with E-state index in [1.165, 1.54) is 6.42 Å². The molecule has 0 heterocycles. The number of nitrogens with one attached hydrogen (secondary N) is 1. The van der Waals surface area contributed by atoms with Gasteiger partial charge in [-0.2, -0.15) is 0 Å². The molecule has 0 radical (unpaired) electrons. The molecular formula is C13H30N2O. The molecule has 0 saturated heterocycles. The average Bonchev–Trinajstić information content (AvgIpc) is 2.26. The van der Waals surface area contributed by atoms with Crippen LogP contribution in [0.15, 0.2) is 0 Å². The third-order valence-electron chi connectivity index (χ3n) is 3.11. The van der Waals surface area contributed by atoms with E-state index in [4.69, 9.17) is 10.8 Å². The number of unbranched alkanes of at least 4 members (excludes halogenated alkanes) is 2. The summed E-state index contributed by atoms with van der Waals surface area (Å²) in [7, 11) is 0. The summed E-state index contributed by atoms with van der Waals surface area (Å²) in [5.74, 6) is 0.738. The Hall–Kier alpha value is -0.120. The van der Waals surface area contributed by atoms with Gasteiger partial charge in [0, 0.05) is 18.7 Å². The summed E-state index contributed by atoms with van der Waals surface area (Å²) < 4.78 is 0. The van der Waals surface area contributed by atoms with Crippen LogP contribution in [0.3, 0.4) is 0 Å². The number of aliphatic hydroxyl groups is 1. The number of aliphatic hydroxyl groups excluding tert-OH is 1. The van der Waals surface area contributed by atoms with Crippen molar-refractivity contribution in [2.45, 2.75) is 58.4 Å². The Morgan fingerprint density at radius 1 is 1.25 bits per heavy atom. The van der Waals surface area contributed by atoms with Gasteiger partial charge in [-0.15, -0.1) is 0 Å². The van der Waals surface area contributed by atoms with Crippen molar-refractivity contribution in [3.63, 3.8) is 0 Å². The third kappa shape index (κ3) is 8.08. The van der Waals surface area contributed by atoms with Crippen molar-refractivity contribution in [2.24, 2.45) is 11.7 Å². The summed E-state index contributed by atoms with van der Waals surface area (Å²) in [5, 5.41) is 12.2. The van der Waals surface area contributed by atoms with E-state index in [-0.39, 0.29) is 5.54 Å². The molecule has 1 unspecified atom stereocenters. The molecule has 0 amide bonds. The summed E-state index contributed by atoms with van der Waals surface area (Å²) in [4.78, 5) is 0. The zero-order chi connectivity index (χ0) is 12.4. The summed E-state index contributed by atoms with van der Waals surface area (Å²) in [6.45, 7) is 8.71. The molecule has 0 saturated carbocycles. The molecule has 16 heavy (non-hydrogen) atoms. The molecule has 0 aliphatic rings. The van der Waals surface area contributed by atoms with E-state index in [1.54, 1.807) is 0 Å². The van der Waals surface area contributed by atoms with Crippen LogP contribution in [0.25, 0.3) is 0 Å². The maximum Gasteiger partial charge on any atom is 0.0431 e. The van der Waals surface area contributed by atoms with Crippen molar-refractivity contribution in [1.82, 2.24) is 5.32 Å². The standard InChI is InChI=1S/C13H30N2O/c1-12(2)7-8-13(3,11-14)15-9-5-4-6-10-16/h12,15-16H,4-11,14H2,1-3H3. The molecule has 0 fully saturated rings. The first-order valence-corrected chi connectivity index (χ1v) is 6.60. The Labute approximate surface area is 101 Å². The minimum atomic E-state index is 0.0868. The van der Waals surface area contributed by atoms with E-state index in [0.717, 1.165) is 38.1 Å². The van der Waals surface area contributed by atoms with Gasteiger partial charge in [0.15, 0.2) is 0 Å². The van der Waals surface area contributed by atoms with Crippen molar-refractivity contribution in [3.05, 3.63) is 0 Å². The van der Waals surface area contributed by atoms with Gasteiger partial charge in [0.1, 0.15) is 0 Å². The summed E-state index contributed by atoms with van der Waals surface area (Å²) in [5.41, 5.74) is 5.92.